The first-order chi connectivity index (χ1) is 6.77. The molecule has 1 aromatic carbocycles. The van der Waals surface area contributed by atoms with Gasteiger partial charge >= 0.3 is 0 Å². The lowest BCUT2D eigenvalue weighted by Crippen LogP contribution is -2.34. The summed E-state index contributed by atoms with van der Waals surface area (Å²) < 4.78 is 5.37. The van der Waals surface area contributed by atoms with Gasteiger partial charge in [0.2, 0.25) is 0 Å². The predicted octanol–water partition coefficient (Wildman–Crippen LogP) is 2.65. The number of benzene rings is 1. The number of hydrogen-bond donors (Lipinski definition) is 1. The van der Waals surface area contributed by atoms with Crippen molar-refractivity contribution in [2.45, 2.75) is 6.04 Å². The topological polar surface area (TPSA) is 21.3 Å². The van der Waals surface area contributed by atoms with Crippen LogP contribution in [0, 0.1) is 0 Å². The first-order valence-corrected chi connectivity index (χ1v) is 5.29. The number of hydrogen-bond acceptors (Lipinski definition) is 2. The van der Waals surface area contributed by atoms with Gasteiger partial charge in [0.05, 0.1) is 19.3 Å². The minimum atomic E-state index is 0.188. The molecule has 0 amide bonds. The van der Waals surface area contributed by atoms with Crippen molar-refractivity contribution in [3.05, 3.63) is 33.8 Å². The van der Waals surface area contributed by atoms with E-state index in [1.165, 1.54) is 0 Å². The van der Waals surface area contributed by atoms with Gasteiger partial charge in [0.25, 0.3) is 0 Å². The third-order valence-electron chi connectivity index (χ3n) is 2.26. The molecule has 14 heavy (non-hydrogen) atoms. The molecule has 0 radical (unpaired) electrons. The highest BCUT2D eigenvalue weighted by atomic mass is 35.5. The second-order valence-corrected chi connectivity index (χ2v) is 4.09. The van der Waals surface area contributed by atoms with E-state index in [1.54, 1.807) is 6.07 Å². The fourth-order valence-corrected chi connectivity index (χ4v) is 2.09. The van der Waals surface area contributed by atoms with Gasteiger partial charge in [-0.15, -0.1) is 0 Å². The van der Waals surface area contributed by atoms with Crippen molar-refractivity contribution in [1.82, 2.24) is 5.32 Å². The van der Waals surface area contributed by atoms with E-state index < -0.39 is 0 Å². The highest BCUT2D eigenvalue weighted by molar-refractivity contribution is 6.35. The second kappa shape index (κ2) is 4.49. The SMILES string of the molecule is Clc1ccc([C@H]2COCCN2)c(Cl)c1. The van der Waals surface area contributed by atoms with Crippen LogP contribution in [-0.4, -0.2) is 19.8 Å². The van der Waals surface area contributed by atoms with Gasteiger partial charge in [-0.2, -0.15) is 0 Å². The smallest absolute Gasteiger partial charge is 0.0662 e. The number of halogens is 2. The molecule has 1 fully saturated rings. The Bertz CT molecular complexity index is 324. The normalized spacial score (nSPS) is 22.3. The summed E-state index contributed by atoms with van der Waals surface area (Å²) in [7, 11) is 0. The van der Waals surface area contributed by atoms with Crippen LogP contribution in [0.1, 0.15) is 11.6 Å². The van der Waals surface area contributed by atoms with E-state index in [-0.39, 0.29) is 6.04 Å². The molecular formula is C10H11Cl2NO. The molecule has 1 aromatic rings. The zero-order valence-electron chi connectivity index (χ0n) is 7.59. The lowest BCUT2D eigenvalue weighted by atomic mass is 10.1. The Morgan fingerprint density at radius 3 is 2.86 bits per heavy atom. The molecule has 0 aromatic heterocycles. The van der Waals surface area contributed by atoms with Gasteiger partial charge in [-0.25, -0.2) is 0 Å². The van der Waals surface area contributed by atoms with E-state index >= 15 is 0 Å². The summed E-state index contributed by atoms with van der Waals surface area (Å²) in [6.45, 7) is 2.30. The van der Waals surface area contributed by atoms with Crippen LogP contribution in [0.3, 0.4) is 0 Å². The summed E-state index contributed by atoms with van der Waals surface area (Å²) >= 11 is 11.9. The quantitative estimate of drug-likeness (QED) is 0.803. The maximum Gasteiger partial charge on any atom is 0.0662 e. The molecule has 76 valence electrons. The molecule has 0 unspecified atom stereocenters. The molecule has 2 nitrogen and oxygen atoms in total. The van der Waals surface area contributed by atoms with Gasteiger partial charge in [-0.3, -0.25) is 0 Å². The summed E-state index contributed by atoms with van der Waals surface area (Å²) in [4.78, 5) is 0. The van der Waals surface area contributed by atoms with Crippen LogP contribution < -0.4 is 5.32 Å². The standard InChI is InChI=1S/C10H11Cl2NO/c11-7-1-2-8(9(12)5-7)10-6-14-4-3-13-10/h1-2,5,10,13H,3-4,6H2/t10-/m1/s1. The van der Waals surface area contributed by atoms with Crippen molar-refractivity contribution < 1.29 is 4.74 Å². The van der Waals surface area contributed by atoms with Crippen LogP contribution in [0.25, 0.3) is 0 Å². The Labute approximate surface area is 93.2 Å². The van der Waals surface area contributed by atoms with E-state index in [0.717, 1.165) is 18.7 Å². The van der Waals surface area contributed by atoms with Crippen molar-refractivity contribution in [2.24, 2.45) is 0 Å². The molecule has 1 saturated heterocycles. The summed E-state index contributed by atoms with van der Waals surface area (Å²) in [5.74, 6) is 0. The van der Waals surface area contributed by atoms with E-state index in [4.69, 9.17) is 27.9 Å². The fraction of sp³-hybridized carbons (Fsp3) is 0.400. The summed E-state index contributed by atoms with van der Waals surface area (Å²) in [5.41, 5.74) is 1.05. The molecule has 1 atom stereocenters. The maximum atomic E-state index is 6.08. The van der Waals surface area contributed by atoms with Crippen molar-refractivity contribution in [2.75, 3.05) is 19.8 Å². The summed E-state index contributed by atoms with van der Waals surface area (Å²) in [5, 5.41) is 4.70. The third-order valence-corrected chi connectivity index (χ3v) is 2.82. The minimum Gasteiger partial charge on any atom is -0.378 e. The van der Waals surface area contributed by atoms with E-state index in [1.807, 2.05) is 12.1 Å². The van der Waals surface area contributed by atoms with Gasteiger partial charge in [-0.05, 0) is 17.7 Å². The lowest BCUT2D eigenvalue weighted by molar-refractivity contribution is 0.0769. The number of rotatable bonds is 1. The molecule has 1 aliphatic heterocycles. The van der Waals surface area contributed by atoms with Gasteiger partial charge in [0.15, 0.2) is 0 Å². The molecule has 4 heteroatoms. The van der Waals surface area contributed by atoms with Crippen LogP contribution >= 0.6 is 23.2 Å². The Morgan fingerprint density at radius 1 is 1.36 bits per heavy atom. The van der Waals surface area contributed by atoms with E-state index in [9.17, 15) is 0 Å². The maximum absolute atomic E-state index is 6.08. The fourth-order valence-electron chi connectivity index (χ4n) is 1.55. The highest BCUT2D eigenvalue weighted by Gasteiger charge is 2.17. The molecular weight excluding hydrogens is 221 g/mol. The van der Waals surface area contributed by atoms with Crippen molar-refractivity contribution in [3.63, 3.8) is 0 Å². The number of nitrogens with one attached hydrogen (secondary N) is 1. The Kier molecular flexibility index (Phi) is 3.29. The Hall–Kier alpha value is -0.280. The Balaban J connectivity index is 2.22. The number of morpholine rings is 1. The molecule has 1 heterocycles. The molecule has 0 bridgehead atoms. The number of ether oxygens (including phenoxy) is 1. The van der Waals surface area contributed by atoms with Crippen molar-refractivity contribution >= 4 is 23.2 Å². The molecule has 2 rings (SSSR count). The monoisotopic (exact) mass is 231 g/mol. The van der Waals surface area contributed by atoms with Crippen molar-refractivity contribution in [3.8, 4) is 0 Å². The molecule has 0 saturated carbocycles. The third kappa shape index (κ3) is 2.20. The first kappa shape index (κ1) is 10.2. The average molecular weight is 232 g/mol. The second-order valence-electron chi connectivity index (χ2n) is 3.25. The average Bonchev–Trinajstić information content (AvgIpc) is 2.19. The van der Waals surface area contributed by atoms with Crippen molar-refractivity contribution in [1.29, 1.82) is 0 Å². The predicted molar refractivity (Wildman–Crippen MR) is 58.0 cm³/mol. The summed E-state index contributed by atoms with van der Waals surface area (Å²) in [6.07, 6.45) is 0. The van der Waals surface area contributed by atoms with Crippen LogP contribution in [0.4, 0.5) is 0 Å². The summed E-state index contributed by atoms with van der Waals surface area (Å²) in [6, 6.07) is 5.73. The van der Waals surface area contributed by atoms with E-state index in [2.05, 4.69) is 5.32 Å². The zero-order valence-corrected chi connectivity index (χ0v) is 9.11. The lowest BCUT2D eigenvalue weighted by Gasteiger charge is -2.24. The van der Waals surface area contributed by atoms with Crippen LogP contribution in [0.2, 0.25) is 10.0 Å². The molecule has 1 N–H and O–H groups in total. The van der Waals surface area contributed by atoms with Gasteiger partial charge in [0.1, 0.15) is 0 Å². The zero-order chi connectivity index (χ0) is 9.97. The van der Waals surface area contributed by atoms with Crippen LogP contribution in [0.5, 0.6) is 0 Å². The Morgan fingerprint density at radius 2 is 2.21 bits per heavy atom. The van der Waals surface area contributed by atoms with Gasteiger partial charge < -0.3 is 10.1 Å². The van der Waals surface area contributed by atoms with E-state index in [0.29, 0.717) is 16.7 Å². The highest BCUT2D eigenvalue weighted by Crippen LogP contribution is 2.27. The minimum absolute atomic E-state index is 0.188. The van der Waals surface area contributed by atoms with Gasteiger partial charge in [0, 0.05) is 16.6 Å². The first-order valence-electron chi connectivity index (χ1n) is 4.53. The van der Waals surface area contributed by atoms with Crippen LogP contribution in [-0.2, 0) is 4.74 Å². The molecule has 1 aliphatic rings. The largest absolute Gasteiger partial charge is 0.378 e. The van der Waals surface area contributed by atoms with Gasteiger partial charge in [-0.1, -0.05) is 29.3 Å². The molecule has 0 spiro atoms. The van der Waals surface area contributed by atoms with Crippen LogP contribution in [0.15, 0.2) is 18.2 Å². The molecule has 0 aliphatic carbocycles.